The number of halogens is 2. The first-order valence-electron chi connectivity index (χ1n) is 6.08. The van der Waals surface area contributed by atoms with Crippen molar-refractivity contribution in [3.8, 4) is 5.75 Å². The van der Waals surface area contributed by atoms with E-state index in [-0.39, 0.29) is 18.7 Å². The number of nitrogens with one attached hydrogen (secondary N) is 1. The monoisotopic (exact) mass is 277 g/mol. The van der Waals surface area contributed by atoms with Gasteiger partial charge in [0.25, 0.3) is 0 Å². The Hall–Kier alpha value is -2.43. The summed E-state index contributed by atoms with van der Waals surface area (Å²) in [5, 5.41) is 2.30. The molecule has 0 unspecified atom stereocenters. The van der Waals surface area contributed by atoms with Crippen molar-refractivity contribution in [2.24, 2.45) is 0 Å². The van der Waals surface area contributed by atoms with E-state index in [0.717, 1.165) is 18.2 Å². The Kier molecular flexibility index (Phi) is 4.65. The van der Waals surface area contributed by atoms with Gasteiger partial charge in [-0.05, 0) is 24.3 Å². The fourth-order valence-corrected chi connectivity index (χ4v) is 1.58. The maximum atomic E-state index is 13.3. The summed E-state index contributed by atoms with van der Waals surface area (Å²) in [7, 11) is 0. The van der Waals surface area contributed by atoms with E-state index < -0.39 is 17.5 Å². The van der Waals surface area contributed by atoms with E-state index in [4.69, 9.17) is 4.74 Å². The first kappa shape index (κ1) is 14.0. The fraction of sp³-hybridized carbons (Fsp3) is 0.133. The number of amides is 1. The highest BCUT2D eigenvalue weighted by Gasteiger charge is 2.08. The molecule has 2 rings (SSSR count). The summed E-state index contributed by atoms with van der Waals surface area (Å²) in [4.78, 5) is 11.6. The summed E-state index contributed by atoms with van der Waals surface area (Å²) in [6.07, 6.45) is 0.0465. The predicted octanol–water partition coefficient (Wildman–Crippen LogP) is 3.37. The highest BCUT2D eigenvalue weighted by Crippen LogP contribution is 2.15. The van der Waals surface area contributed by atoms with Crippen LogP contribution in [0.25, 0.3) is 0 Å². The van der Waals surface area contributed by atoms with Crippen molar-refractivity contribution in [3.05, 3.63) is 60.2 Å². The summed E-state index contributed by atoms with van der Waals surface area (Å²) >= 11 is 0. The number of carbonyl (C=O) groups excluding carboxylic acids is 1. The molecule has 0 saturated carbocycles. The fourth-order valence-electron chi connectivity index (χ4n) is 1.58. The van der Waals surface area contributed by atoms with Gasteiger partial charge in [0.1, 0.15) is 17.4 Å². The molecule has 0 aliphatic heterocycles. The Morgan fingerprint density at radius 2 is 1.85 bits per heavy atom. The van der Waals surface area contributed by atoms with Crippen LogP contribution in [0.15, 0.2) is 48.5 Å². The lowest BCUT2D eigenvalue weighted by atomic mass is 10.3. The second-order valence-corrected chi connectivity index (χ2v) is 4.08. The maximum Gasteiger partial charge on any atom is 0.227 e. The van der Waals surface area contributed by atoms with Crippen LogP contribution in [0.4, 0.5) is 14.5 Å². The van der Waals surface area contributed by atoms with Crippen LogP contribution in [0.3, 0.4) is 0 Å². The average Bonchev–Trinajstić information content (AvgIpc) is 2.44. The smallest absolute Gasteiger partial charge is 0.227 e. The van der Waals surface area contributed by atoms with Gasteiger partial charge in [-0.1, -0.05) is 18.2 Å². The zero-order valence-electron chi connectivity index (χ0n) is 10.6. The third-order valence-electron chi connectivity index (χ3n) is 2.54. The molecule has 0 saturated heterocycles. The minimum atomic E-state index is -0.677. The molecule has 0 atom stereocenters. The van der Waals surface area contributed by atoms with Gasteiger partial charge in [-0.25, -0.2) is 8.78 Å². The molecule has 0 fully saturated rings. The summed E-state index contributed by atoms with van der Waals surface area (Å²) < 4.78 is 31.6. The number of benzene rings is 2. The Bertz CT molecular complexity index is 588. The lowest BCUT2D eigenvalue weighted by Crippen LogP contribution is -2.16. The van der Waals surface area contributed by atoms with E-state index in [1.165, 1.54) is 0 Å². The van der Waals surface area contributed by atoms with Gasteiger partial charge >= 0.3 is 0 Å². The standard InChI is InChI=1S/C15H13F2NO2/c16-11-6-7-13(17)14(10-11)18-15(19)8-9-20-12-4-2-1-3-5-12/h1-7,10H,8-9H2,(H,18,19). The number of hydrogen-bond donors (Lipinski definition) is 1. The van der Waals surface area contributed by atoms with Gasteiger partial charge in [-0.15, -0.1) is 0 Å². The van der Waals surface area contributed by atoms with Crippen LogP contribution < -0.4 is 10.1 Å². The molecule has 0 radical (unpaired) electrons. The zero-order valence-corrected chi connectivity index (χ0v) is 10.6. The lowest BCUT2D eigenvalue weighted by Gasteiger charge is -2.08. The predicted molar refractivity (Wildman–Crippen MR) is 71.5 cm³/mol. The van der Waals surface area contributed by atoms with Crippen molar-refractivity contribution in [1.29, 1.82) is 0 Å². The minimum absolute atomic E-state index is 0.0465. The molecule has 0 aliphatic carbocycles. The minimum Gasteiger partial charge on any atom is -0.493 e. The van der Waals surface area contributed by atoms with E-state index in [1.54, 1.807) is 12.1 Å². The van der Waals surface area contributed by atoms with Crippen molar-refractivity contribution in [2.75, 3.05) is 11.9 Å². The van der Waals surface area contributed by atoms with E-state index >= 15 is 0 Å². The normalized spacial score (nSPS) is 10.1. The second-order valence-electron chi connectivity index (χ2n) is 4.08. The van der Waals surface area contributed by atoms with Gasteiger partial charge in [0.15, 0.2) is 0 Å². The Labute approximate surface area is 115 Å². The number of carbonyl (C=O) groups is 1. The summed E-state index contributed by atoms with van der Waals surface area (Å²) in [5.41, 5.74) is -0.172. The third-order valence-corrected chi connectivity index (χ3v) is 2.54. The number of ether oxygens (including phenoxy) is 1. The van der Waals surface area contributed by atoms with Crippen molar-refractivity contribution in [1.82, 2.24) is 0 Å². The molecule has 3 nitrogen and oxygen atoms in total. The summed E-state index contributed by atoms with van der Waals surface area (Å²) in [5.74, 6) is -1.08. The Balaban J connectivity index is 1.82. The van der Waals surface area contributed by atoms with Crippen molar-refractivity contribution in [3.63, 3.8) is 0 Å². The summed E-state index contributed by atoms with van der Waals surface area (Å²) in [6, 6.07) is 11.9. The molecule has 0 aliphatic rings. The van der Waals surface area contributed by atoms with Gasteiger partial charge in [0, 0.05) is 6.07 Å². The molecule has 104 valence electrons. The summed E-state index contributed by atoms with van der Waals surface area (Å²) in [6.45, 7) is 0.160. The average molecular weight is 277 g/mol. The third kappa shape index (κ3) is 4.05. The first-order valence-corrected chi connectivity index (χ1v) is 6.08. The van der Waals surface area contributed by atoms with Gasteiger partial charge in [-0.3, -0.25) is 4.79 Å². The van der Waals surface area contributed by atoms with E-state index in [1.807, 2.05) is 18.2 Å². The SMILES string of the molecule is O=C(CCOc1ccccc1)Nc1cc(F)ccc1F. The van der Waals surface area contributed by atoms with Crippen molar-refractivity contribution < 1.29 is 18.3 Å². The van der Waals surface area contributed by atoms with Gasteiger partial charge in [-0.2, -0.15) is 0 Å². The number of hydrogen-bond acceptors (Lipinski definition) is 2. The second kappa shape index (κ2) is 6.65. The number of para-hydroxylation sites is 1. The van der Waals surface area contributed by atoms with Crippen LogP contribution in [0, 0.1) is 11.6 Å². The van der Waals surface area contributed by atoms with E-state index in [9.17, 15) is 13.6 Å². The highest BCUT2D eigenvalue weighted by molar-refractivity contribution is 5.90. The highest BCUT2D eigenvalue weighted by atomic mass is 19.1. The molecule has 1 amide bonds. The van der Waals surface area contributed by atoms with Gasteiger partial charge < -0.3 is 10.1 Å². The molecule has 2 aromatic rings. The zero-order chi connectivity index (χ0) is 14.4. The number of anilines is 1. The molecule has 0 aromatic heterocycles. The van der Waals surface area contributed by atoms with E-state index in [2.05, 4.69) is 5.32 Å². The molecule has 20 heavy (non-hydrogen) atoms. The topological polar surface area (TPSA) is 38.3 Å². The molecule has 0 spiro atoms. The first-order chi connectivity index (χ1) is 9.65. The Morgan fingerprint density at radius 3 is 2.60 bits per heavy atom. The van der Waals surface area contributed by atoms with Gasteiger partial charge in [0.05, 0.1) is 18.7 Å². The van der Waals surface area contributed by atoms with Crippen LogP contribution in [0.1, 0.15) is 6.42 Å². The maximum absolute atomic E-state index is 13.3. The number of rotatable bonds is 5. The van der Waals surface area contributed by atoms with Crippen molar-refractivity contribution >= 4 is 11.6 Å². The molecular weight excluding hydrogens is 264 g/mol. The molecule has 0 heterocycles. The quantitative estimate of drug-likeness (QED) is 0.910. The van der Waals surface area contributed by atoms with Crippen LogP contribution in [0.5, 0.6) is 5.75 Å². The lowest BCUT2D eigenvalue weighted by molar-refractivity contribution is -0.116. The van der Waals surface area contributed by atoms with E-state index in [0.29, 0.717) is 5.75 Å². The van der Waals surface area contributed by atoms with Crippen LogP contribution in [-0.2, 0) is 4.79 Å². The molecule has 5 heteroatoms. The molecular formula is C15H13F2NO2. The van der Waals surface area contributed by atoms with Crippen molar-refractivity contribution in [2.45, 2.75) is 6.42 Å². The molecule has 1 N–H and O–H groups in total. The van der Waals surface area contributed by atoms with Gasteiger partial charge in [0.2, 0.25) is 5.91 Å². The Morgan fingerprint density at radius 1 is 1.10 bits per heavy atom. The molecule has 0 bridgehead atoms. The van der Waals surface area contributed by atoms with Crippen LogP contribution in [-0.4, -0.2) is 12.5 Å². The van der Waals surface area contributed by atoms with Crippen LogP contribution in [0.2, 0.25) is 0 Å². The largest absolute Gasteiger partial charge is 0.493 e. The molecule has 2 aromatic carbocycles. The van der Waals surface area contributed by atoms with Crippen LogP contribution >= 0.6 is 0 Å².